The van der Waals surface area contributed by atoms with Crippen LogP contribution in [0.4, 0.5) is 0 Å². The highest BCUT2D eigenvalue weighted by molar-refractivity contribution is 6.15. The standard InChI is InChI=1S/C44H26N4/c1-2-10-30(11-3-1)47-38-15-6-4-12-32(38)34-19-17-28(24-41(34)47)27-18-20-40-36(23-27)33-13-5-7-16-39(33)48(40)42-25-29-9-8-14-35-31-21-22-45-26-37(31)44(46-42)43(29)35/h1-26H. The van der Waals surface area contributed by atoms with Crippen molar-refractivity contribution in [2.24, 2.45) is 0 Å². The average molecular weight is 611 g/mol. The van der Waals surface area contributed by atoms with Gasteiger partial charge in [0.1, 0.15) is 5.82 Å². The monoisotopic (exact) mass is 610 g/mol. The maximum atomic E-state index is 5.35. The summed E-state index contributed by atoms with van der Waals surface area (Å²) >= 11 is 0. The fourth-order valence-corrected chi connectivity index (χ4v) is 8.05. The normalized spacial score (nSPS) is 12.2. The molecule has 48 heavy (non-hydrogen) atoms. The van der Waals surface area contributed by atoms with Crippen LogP contribution in [-0.4, -0.2) is 19.1 Å². The predicted molar refractivity (Wildman–Crippen MR) is 198 cm³/mol. The summed E-state index contributed by atoms with van der Waals surface area (Å²) in [5.74, 6) is 0.916. The summed E-state index contributed by atoms with van der Waals surface area (Å²) in [6, 6.07) is 52.6. The molecule has 4 nitrogen and oxygen atoms in total. The zero-order chi connectivity index (χ0) is 31.3. The Kier molecular flexibility index (Phi) is 5.08. The number of hydrogen-bond donors (Lipinski definition) is 0. The van der Waals surface area contributed by atoms with E-state index in [9.17, 15) is 0 Å². The Morgan fingerprint density at radius 1 is 0.438 bits per heavy atom. The topological polar surface area (TPSA) is 35.6 Å². The van der Waals surface area contributed by atoms with Crippen molar-refractivity contribution in [3.05, 3.63) is 158 Å². The molecule has 0 fully saturated rings. The van der Waals surface area contributed by atoms with Crippen molar-refractivity contribution in [3.8, 4) is 45.0 Å². The molecule has 4 heterocycles. The Bertz CT molecular complexity index is 2950. The van der Waals surface area contributed by atoms with E-state index in [0.29, 0.717) is 0 Å². The number of pyridine rings is 2. The van der Waals surface area contributed by atoms with Gasteiger partial charge in [0.05, 0.1) is 27.8 Å². The molecule has 0 saturated heterocycles. The third-order valence-electron chi connectivity index (χ3n) is 10.1. The Balaban J connectivity index is 1.14. The third kappa shape index (κ3) is 3.43. The van der Waals surface area contributed by atoms with Gasteiger partial charge in [0, 0.05) is 50.6 Å². The molecule has 0 amide bonds. The Hall–Kier alpha value is -6.52. The number of para-hydroxylation sites is 3. The number of nitrogens with zero attached hydrogens (tertiary/aromatic N) is 4. The largest absolute Gasteiger partial charge is 0.309 e. The quantitative estimate of drug-likeness (QED) is 0.199. The minimum Gasteiger partial charge on any atom is -0.309 e. The smallest absolute Gasteiger partial charge is 0.138 e. The van der Waals surface area contributed by atoms with Gasteiger partial charge in [0.15, 0.2) is 0 Å². The van der Waals surface area contributed by atoms with Gasteiger partial charge >= 0.3 is 0 Å². The Morgan fingerprint density at radius 2 is 1.15 bits per heavy atom. The second-order valence-electron chi connectivity index (χ2n) is 12.7. The third-order valence-corrected chi connectivity index (χ3v) is 10.1. The molecule has 0 radical (unpaired) electrons. The molecule has 1 aliphatic rings. The van der Waals surface area contributed by atoms with Crippen LogP contribution in [0.2, 0.25) is 0 Å². The summed E-state index contributed by atoms with van der Waals surface area (Å²) in [5, 5.41) is 7.33. The van der Waals surface area contributed by atoms with E-state index in [2.05, 4.69) is 160 Å². The Labute approximate surface area is 275 Å². The van der Waals surface area contributed by atoms with Gasteiger partial charge in [-0.05, 0) is 82.2 Å². The highest BCUT2D eigenvalue weighted by Crippen LogP contribution is 2.47. The van der Waals surface area contributed by atoms with Gasteiger partial charge in [-0.3, -0.25) is 9.55 Å². The lowest BCUT2D eigenvalue weighted by Gasteiger charge is -2.11. The van der Waals surface area contributed by atoms with Crippen LogP contribution >= 0.6 is 0 Å². The number of aromatic nitrogens is 4. The molecule has 0 saturated carbocycles. The van der Waals surface area contributed by atoms with Crippen molar-refractivity contribution in [3.63, 3.8) is 0 Å². The van der Waals surface area contributed by atoms with E-state index >= 15 is 0 Å². The first-order valence-corrected chi connectivity index (χ1v) is 16.3. The highest BCUT2D eigenvalue weighted by atomic mass is 15.1. The average Bonchev–Trinajstić information content (AvgIpc) is 3.78. The Morgan fingerprint density at radius 3 is 2.02 bits per heavy atom. The molecule has 1 aliphatic carbocycles. The maximum Gasteiger partial charge on any atom is 0.138 e. The minimum absolute atomic E-state index is 0.916. The summed E-state index contributed by atoms with van der Waals surface area (Å²) in [5.41, 5.74) is 12.8. The number of fused-ring (bicyclic) bond motifs is 9. The van der Waals surface area contributed by atoms with Gasteiger partial charge < -0.3 is 4.57 Å². The summed E-state index contributed by atoms with van der Waals surface area (Å²) < 4.78 is 4.70. The van der Waals surface area contributed by atoms with E-state index in [1.807, 2.05) is 12.4 Å². The van der Waals surface area contributed by atoms with Gasteiger partial charge in [-0.15, -0.1) is 0 Å². The summed E-state index contributed by atoms with van der Waals surface area (Å²) in [4.78, 5) is 9.81. The van der Waals surface area contributed by atoms with E-state index in [4.69, 9.17) is 4.98 Å². The van der Waals surface area contributed by atoms with Crippen LogP contribution < -0.4 is 0 Å². The maximum absolute atomic E-state index is 5.35. The summed E-state index contributed by atoms with van der Waals surface area (Å²) in [6.07, 6.45) is 3.82. The molecule has 0 bridgehead atoms. The molecule has 0 unspecified atom stereocenters. The van der Waals surface area contributed by atoms with Crippen LogP contribution in [0.3, 0.4) is 0 Å². The molecule has 11 rings (SSSR count). The van der Waals surface area contributed by atoms with Gasteiger partial charge in [-0.1, -0.05) is 91.0 Å². The van der Waals surface area contributed by atoms with E-state index in [1.165, 1.54) is 65.6 Å². The lowest BCUT2D eigenvalue weighted by Crippen LogP contribution is -1.99. The minimum atomic E-state index is 0.916. The van der Waals surface area contributed by atoms with Crippen LogP contribution in [0.1, 0.15) is 0 Å². The molecule has 0 atom stereocenters. The molecule has 4 heteroatoms. The predicted octanol–water partition coefficient (Wildman–Crippen LogP) is 11.1. The zero-order valence-corrected chi connectivity index (χ0v) is 25.8. The molecule has 0 aliphatic heterocycles. The van der Waals surface area contributed by atoms with Crippen LogP contribution in [-0.2, 0) is 0 Å². The van der Waals surface area contributed by atoms with E-state index in [0.717, 1.165) is 33.8 Å². The molecule has 10 aromatic rings. The van der Waals surface area contributed by atoms with Gasteiger partial charge in [-0.2, -0.15) is 0 Å². The first-order valence-electron chi connectivity index (χ1n) is 16.3. The van der Waals surface area contributed by atoms with Crippen LogP contribution in [0.25, 0.3) is 99.4 Å². The zero-order valence-electron chi connectivity index (χ0n) is 25.8. The highest BCUT2D eigenvalue weighted by Gasteiger charge is 2.25. The summed E-state index contributed by atoms with van der Waals surface area (Å²) in [7, 11) is 0. The van der Waals surface area contributed by atoms with Crippen LogP contribution in [0, 0.1) is 0 Å². The van der Waals surface area contributed by atoms with Crippen LogP contribution in [0.5, 0.6) is 0 Å². The van der Waals surface area contributed by atoms with Crippen molar-refractivity contribution in [1.29, 1.82) is 0 Å². The fraction of sp³-hybridized carbons (Fsp3) is 0. The first kappa shape index (κ1) is 25.6. The fourth-order valence-electron chi connectivity index (χ4n) is 8.05. The van der Waals surface area contributed by atoms with E-state index in [1.54, 1.807) is 0 Å². The first-order chi connectivity index (χ1) is 23.8. The van der Waals surface area contributed by atoms with Gasteiger partial charge in [0.25, 0.3) is 0 Å². The van der Waals surface area contributed by atoms with Gasteiger partial charge in [0.2, 0.25) is 0 Å². The van der Waals surface area contributed by atoms with E-state index < -0.39 is 0 Å². The molecule has 0 N–H and O–H groups in total. The molecule has 6 aromatic carbocycles. The second-order valence-corrected chi connectivity index (χ2v) is 12.7. The van der Waals surface area contributed by atoms with Crippen molar-refractivity contribution in [1.82, 2.24) is 19.1 Å². The number of rotatable bonds is 3. The van der Waals surface area contributed by atoms with E-state index in [-0.39, 0.29) is 0 Å². The SMILES string of the molecule is c1ccc(-n2c3ccccc3c3ccc(-c4ccc5c(c4)c4ccccc4n5-c4cc5cccc6c5c(n4)-c4cnccc4-6)cc32)cc1. The van der Waals surface area contributed by atoms with Crippen molar-refractivity contribution in [2.75, 3.05) is 0 Å². The van der Waals surface area contributed by atoms with Gasteiger partial charge in [-0.25, -0.2) is 4.98 Å². The molecule has 4 aromatic heterocycles. The summed E-state index contributed by atoms with van der Waals surface area (Å²) in [6.45, 7) is 0. The molecule has 222 valence electrons. The molecular weight excluding hydrogens is 585 g/mol. The molecule has 0 spiro atoms. The number of hydrogen-bond acceptors (Lipinski definition) is 2. The second kappa shape index (κ2) is 9.50. The number of benzene rings is 6. The van der Waals surface area contributed by atoms with Crippen molar-refractivity contribution in [2.45, 2.75) is 0 Å². The van der Waals surface area contributed by atoms with Crippen molar-refractivity contribution >= 4 is 54.4 Å². The molecular formula is C44H26N4. The van der Waals surface area contributed by atoms with Crippen LogP contribution in [0.15, 0.2) is 158 Å². The lowest BCUT2D eigenvalue weighted by molar-refractivity contribution is 1.09. The van der Waals surface area contributed by atoms with Crippen molar-refractivity contribution < 1.29 is 0 Å². The lowest BCUT2D eigenvalue weighted by atomic mass is 10.0.